The number of nitriles is 2. The first kappa shape index (κ1) is 11.4. The molecule has 0 amide bonds. The summed E-state index contributed by atoms with van der Waals surface area (Å²) in [5.41, 5.74) is 1.28. The van der Waals surface area contributed by atoms with Crippen LogP contribution >= 0.6 is 0 Å². The fourth-order valence-electron chi connectivity index (χ4n) is 1.69. The Balaban J connectivity index is 2.25. The van der Waals surface area contributed by atoms with Crippen LogP contribution in [-0.4, -0.2) is 13.2 Å². The zero-order chi connectivity index (χ0) is 12.3. The van der Waals surface area contributed by atoms with Gasteiger partial charge in [-0.3, -0.25) is 5.32 Å². The van der Waals surface area contributed by atoms with E-state index in [1.165, 1.54) is 7.11 Å². The van der Waals surface area contributed by atoms with E-state index in [1.54, 1.807) is 12.1 Å². The molecule has 1 saturated carbocycles. The van der Waals surface area contributed by atoms with Crippen LogP contribution in [0.2, 0.25) is 0 Å². The minimum Gasteiger partial charge on any atom is -0.495 e. The summed E-state index contributed by atoms with van der Waals surface area (Å²) in [6.45, 7) is 0. The third kappa shape index (κ3) is 2.55. The van der Waals surface area contributed by atoms with Gasteiger partial charge in [0.05, 0.1) is 18.7 Å². The molecule has 1 aromatic rings. The Morgan fingerprint density at radius 3 is 2.71 bits per heavy atom. The van der Waals surface area contributed by atoms with E-state index in [2.05, 4.69) is 17.5 Å². The average molecular weight is 227 g/mol. The smallest absolute Gasteiger partial charge is 0.136 e. The summed E-state index contributed by atoms with van der Waals surface area (Å²) < 4.78 is 5.07. The molecular weight excluding hydrogens is 214 g/mol. The Morgan fingerprint density at radius 2 is 2.18 bits per heavy atom. The second kappa shape index (κ2) is 4.86. The number of nitrogens with one attached hydrogen (secondary N) is 1. The van der Waals surface area contributed by atoms with E-state index in [0.717, 1.165) is 18.4 Å². The molecule has 1 aliphatic rings. The highest BCUT2D eigenvalue weighted by molar-refractivity contribution is 5.46. The van der Waals surface area contributed by atoms with Crippen molar-refractivity contribution in [2.45, 2.75) is 24.9 Å². The summed E-state index contributed by atoms with van der Waals surface area (Å²) in [5.74, 6) is 0.541. The quantitative estimate of drug-likeness (QED) is 0.852. The van der Waals surface area contributed by atoms with Gasteiger partial charge in [-0.2, -0.15) is 10.5 Å². The molecule has 1 atom stereocenters. The Labute approximate surface area is 100 Å². The van der Waals surface area contributed by atoms with Crippen molar-refractivity contribution in [3.8, 4) is 17.9 Å². The fraction of sp³-hybridized carbons (Fsp3) is 0.385. The Hall–Kier alpha value is -2.04. The molecule has 0 saturated heterocycles. The molecule has 1 aliphatic carbocycles. The van der Waals surface area contributed by atoms with Crippen molar-refractivity contribution >= 4 is 0 Å². The second-order valence-corrected chi connectivity index (χ2v) is 4.07. The zero-order valence-corrected chi connectivity index (χ0v) is 9.60. The van der Waals surface area contributed by atoms with E-state index in [9.17, 15) is 0 Å². The van der Waals surface area contributed by atoms with Crippen molar-refractivity contribution in [1.29, 1.82) is 10.5 Å². The third-order valence-corrected chi connectivity index (χ3v) is 2.79. The topological polar surface area (TPSA) is 68.8 Å². The van der Waals surface area contributed by atoms with E-state index in [0.29, 0.717) is 17.4 Å². The van der Waals surface area contributed by atoms with Gasteiger partial charge in [0.2, 0.25) is 0 Å². The van der Waals surface area contributed by atoms with Crippen LogP contribution in [0.15, 0.2) is 18.2 Å². The van der Waals surface area contributed by atoms with Gasteiger partial charge < -0.3 is 4.74 Å². The molecule has 4 nitrogen and oxygen atoms in total. The highest BCUT2D eigenvalue weighted by atomic mass is 16.5. The molecule has 4 heteroatoms. The molecule has 17 heavy (non-hydrogen) atoms. The van der Waals surface area contributed by atoms with Crippen LogP contribution in [0.5, 0.6) is 5.75 Å². The molecule has 2 rings (SSSR count). The molecule has 0 spiro atoms. The molecule has 0 aromatic heterocycles. The number of hydrogen-bond acceptors (Lipinski definition) is 4. The molecule has 0 bridgehead atoms. The number of benzene rings is 1. The standard InChI is InChI=1S/C13H13N3O/c1-17-13-5-2-9(6-10(13)7-14)12(8-15)16-11-3-4-11/h2,5-6,11-12,16H,3-4H2,1H3. The number of rotatable bonds is 4. The lowest BCUT2D eigenvalue weighted by molar-refractivity contribution is 0.413. The first-order valence-electron chi connectivity index (χ1n) is 5.52. The van der Waals surface area contributed by atoms with Gasteiger partial charge in [0.1, 0.15) is 17.9 Å². The minimum absolute atomic E-state index is 0.347. The minimum atomic E-state index is -0.347. The molecule has 0 heterocycles. The van der Waals surface area contributed by atoms with Crippen molar-refractivity contribution in [1.82, 2.24) is 5.32 Å². The van der Waals surface area contributed by atoms with Gasteiger partial charge in [-0.05, 0) is 30.5 Å². The zero-order valence-electron chi connectivity index (χ0n) is 9.60. The largest absolute Gasteiger partial charge is 0.495 e. The first-order valence-corrected chi connectivity index (χ1v) is 5.52. The predicted molar refractivity (Wildman–Crippen MR) is 62.2 cm³/mol. The maximum atomic E-state index is 9.12. The van der Waals surface area contributed by atoms with Crippen LogP contribution < -0.4 is 10.1 Å². The van der Waals surface area contributed by atoms with Gasteiger partial charge in [-0.15, -0.1) is 0 Å². The number of hydrogen-bond donors (Lipinski definition) is 1. The fourth-order valence-corrected chi connectivity index (χ4v) is 1.69. The predicted octanol–water partition coefficient (Wildman–Crippen LogP) is 1.88. The van der Waals surface area contributed by atoms with Crippen LogP contribution in [0.1, 0.15) is 30.0 Å². The van der Waals surface area contributed by atoms with Crippen LogP contribution in [0.25, 0.3) is 0 Å². The van der Waals surface area contributed by atoms with Crippen LogP contribution in [-0.2, 0) is 0 Å². The lowest BCUT2D eigenvalue weighted by Crippen LogP contribution is -2.22. The van der Waals surface area contributed by atoms with Crippen LogP contribution in [0.4, 0.5) is 0 Å². The first-order chi connectivity index (χ1) is 8.28. The van der Waals surface area contributed by atoms with Crippen LogP contribution in [0, 0.1) is 22.7 Å². The highest BCUT2D eigenvalue weighted by Crippen LogP contribution is 2.26. The summed E-state index contributed by atoms with van der Waals surface area (Å²) >= 11 is 0. The van der Waals surface area contributed by atoms with Crippen molar-refractivity contribution in [2.24, 2.45) is 0 Å². The molecule has 1 aromatic carbocycles. The monoisotopic (exact) mass is 227 g/mol. The lowest BCUT2D eigenvalue weighted by atomic mass is 10.0. The SMILES string of the molecule is COc1ccc(C(C#N)NC2CC2)cc1C#N. The van der Waals surface area contributed by atoms with Gasteiger partial charge in [0, 0.05) is 6.04 Å². The van der Waals surface area contributed by atoms with Crippen molar-refractivity contribution < 1.29 is 4.74 Å². The highest BCUT2D eigenvalue weighted by Gasteiger charge is 2.25. The van der Waals surface area contributed by atoms with Crippen molar-refractivity contribution in [2.75, 3.05) is 7.11 Å². The van der Waals surface area contributed by atoms with Gasteiger partial charge >= 0.3 is 0 Å². The van der Waals surface area contributed by atoms with Crippen molar-refractivity contribution in [3.63, 3.8) is 0 Å². The molecule has 86 valence electrons. The normalized spacial score (nSPS) is 15.7. The molecule has 1 N–H and O–H groups in total. The molecule has 0 aliphatic heterocycles. The summed E-state index contributed by atoms with van der Waals surface area (Å²) in [6.07, 6.45) is 2.25. The van der Waals surface area contributed by atoms with E-state index in [1.807, 2.05) is 6.07 Å². The Bertz CT molecular complexity index is 494. The van der Waals surface area contributed by atoms with Gasteiger partial charge in [-0.1, -0.05) is 6.07 Å². The number of nitrogens with zero attached hydrogens (tertiary/aromatic N) is 2. The summed E-state index contributed by atoms with van der Waals surface area (Å²) in [5, 5.41) is 21.3. The maximum absolute atomic E-state index is 9.12. The molecule has 1 fully saturated rings. The Kier molecular flexibility index (Phi) is 3.27. The van der Waals surface area contributed by atoms with Gasteiger partial charge in [0.25, 0.3) is 0 Å². The Morgan fingerprint density at radius 1 is 1.41 bits per heavy atom. The van der Waals surface area contributed by atoms with E-state index in [-0.39, 0.29) is 6.04 Å². The van der Waals surface area contributed by atoms with E-state index >= 15 is 0 Å². The van der Waals surface area contributed by atoms with E-state index in [4.69, 9.17) is 15.3 Å². The van der Waals surface area contributed by atoms with E-state index < -0.39 is 0 Å². The number of ether oxygens (including phenoxy) is 1. The van der Waals surface area contributed by atoms with Crippen molar-refractivity contribution in [3.05, 3.63) is 29.3 Å². The van der Waals surface area contributed by atoms with Crippen LogP contribution in [0.3, 0.4) is 0 Å². The summed E-state index contributed by atoms with van der Waals surface area (Å²) in [7, 11) is 1.53. The van der Waals surface area contributed by atoms with Gasteiger partial charge in [0.15, 0.2) is 0 Å². The summed E-state index contributed by atoms with van der Waals surface area (Å²) in [6, 6.07) is 9.66. The van der Waals surface area contributed by atoms with Gasteiger partial charge in [-0.25, -0.2) is 0 Å². The average Bonchev–Trinajstić information content (AvgIpc) is 3.19. The molecule has 0 radical (unpaired) electrons. The summed E-state index contributed by atoms with van der Waals surface area (Å²) in [4.78, 5) is 0. The number of methoxy groups -OCH3 is 1. The maximum Gasteiger partial charge on any atom is 0.136 e. The third-order valence-electron chi connectivity index (χ3n) is 2.79. The second-order valence-electron chi connectivity index (χ2n) is 4.07. The molecular formula is C13H13N3O. The lowest BCUT2D eigenvalue weighted by Gasteiger charge is -2.12. The molecule has 1 unspecified atom stereocenters.